The average Bonchev–Trinajstić information content (AvgIpc) is 3.19. The standard InChI is InChI=1S/C18H19Cl2N6/c19-15-3-1-14(2-4-15)12-26(9-6-21-7-10-26)17-11-16(20)23-18(24-17)25-8-5-22-13-25/h1-5,8,11,13,21H,6-7,9-10,12H2/q+1. The molecule has 0 spiro atoms. The number of nitrogens with one attached hydrogen (secondary N) is 1. The Balaban J connectivity index is 1.75. The lowest BCUT2D eigenvalue weighted by Crippen LogP contribution is -2.59. The molecule has 1 N–H and O–H groups in total. The zero-order valence-electron chi connectivity index (χ0n) is 14.1. The molecule has 0 radical (unpaired) electrons. The van der Waals surface area contributed by atoms with Crippen LogP contribution in [0.5, 0.6) is 0 Å². The van der Waals surface area contributed by atoms with Crippen molar-refractivity contribution in [3.63, 3.8) is 0 Å². The summed E-state index contributed by atoms with van der Waals surface area (Å²) in [7, 11) is 0. The molecule has 3 heterocycles. The molecular weight excluding hydrogens is 371 g/mol. The highest BCUT2D eigenvalue weighted by Gasteiger charge is 2.35. The molecule has 1 aliphatic heterocycles. The Labute approximate surface area is 162 Å². The maximum atomic E-state index is 6.34. The lowest BCUT2D eigenvalue weighted by Gasteiger charge is -2.40. The van der Waals surface area contributed by atoms with Gasteiger partial charge in [0.05, 0.1) is 19.2 Å². The van der Waals surface area contributed by atoms with Crippen LogP contribution in [0.1, 0.15) is 5.56 Å². The molecule has 1 aromatic carbocycles. The summed E-state index contributed by atoms with van der Waals surface area (Å²) in [5, 5.41) is 4.61. The van der Waals surface area contributed by atoms with Gasteiger partial charge >= 0.3 is 0 Å². The number of rotatable bonds is 4. The van der Waals surface area contributed by atoms with Crippen molar-refractivity contribution in [3.8, 4) is 5.95 Å². The van der Waals surface area contributed by atoms with Gasteiger partial charge in [0.25, 0.3) is 0 Å². The molecule has 3 aromatic rings. The van der Waals surface area contributed by atoms with Crippen molar-refractivity contribution < 1.29 is 0 Å². The van der Waals surface area contributed by atoms with Crippen LogP contribution >= 0.6 is 23.2 Å². The van der Waals surface area contributed by atoms with Gasteiger partial charge in [0.15, 0.2) is 0 Å². The van der Waals surface area contributed by atoms with Crippen LogP contribution in [0.2, 0.25) is 10.2 Å². The van der Waals surface area contributed by atoms with E-state index in [2.05, 4.69) is 27.4 Å². The number of halogens is 2. The zero-order valence-corrected chi connectivity index (χ0v) is 15.7. The molecule has 26 heavy (non-hydrogen) atoms. The summed E-state index contributed by atoms with van der Waals surface area (Å²) >= 11 is 12.4. The fourth-order valence-electron chi connectivity index (χ4n) is 3.36. The number of benzene rings is 1. The van der Waals surface area contributed by atoms with E-state index in [4.69, 9.17) is 28.2 Å². The number of nitrogens with zero attached hydrogens (tertiary/aromatic N) is 5. The van der Waals surface area contributed by atoms with E-state index < -0.39 is 0 Å². The normalized spacial score (nSPS) is 16.5. The van der Waals surface area contributed by atoms with Gasteiger partial charge in [-0.1, -0.05) is 35.3 Å². The van der Waals surface area contributed by atoms with Crippen LogP contribution in [0.4, 0.5) is 5.82 Å². The molecule has 4 rings (SSSR count). The van der Waals surface area contributed by atoms with E-state index in [1.807, 2.05) is 24.4 Å². The summed E-state index contributed by atoms with van der Waals surface area (Å²) in [4.78, 5) is 13.3. The summed E-state index contributed by atoms with van der Waals surface area (Å²) in [6.45, 7) is 4.54. The third-order valence-electron chi connectivity index (χ3n) is 4.72. The lowest BCUT2D eigenvalue weighted by molar-refractivity contribution is 0.226. The van der Waals surface area contributed by atoms with Gasteiger partial charge in [-0.2, -0.15) is 9.97 Å². The Hall–Kier alpha value is -1.99. The topological polar surface area (TPSA) is 55.6 Å². The van der Waals surface area contributed by atoms with Crippen molar-refractivity contribution in [1.82, 2.24) is 29.3 Å². The van der Waals surface area contributed by atoms with Gasteiger partial charge in [-0.25, -0.2) is 4.98 Å². The van der Waals surface area contributed by atoms with Crippen molar-refractivity contribution >= 4 is 29.0 Å². The minimum Gasteiger partial charge on any atom is -0.306 e. The Morgan fingerprint density at radius 3 is 2.54 bits per heavy atom. The monoisotopic (exact) mass is 389 g/mol. The van der Waals surface area contributed by atoms with E-state index in [1.54, 1.807) is 17.1 Å². The third kappa shape index (κ3) is 3.59. The van der Waals surface area contributed by atoms with Crippen LogP contribution in [-0.2, 0) is 6.54 Å². The maximum absolute atomic E-state index is 6.34. The minimum atomic E-state index is 0.436. The Morgan fingerprint density at radius 1 is 1.08 bits per heavy atom. The predicted molar refractivity (Wildman–Crippen MR) is 104 cm³/mol. The van der Waals surface area contributed by atoms with Crippen molar-refractivity contribution in [1.29, 1.82) is 0 Å². The van der Waals surface area contributed by atoms with Crippen LogP contribution in [-0.4, -0.2) is 45.7 Å². The quantitative estimate of drug-likeness (QED) is 0.550. The van der Waals surface area contributed by atoms with Crippen molar-refractivity contribution in [3.05, 3.63) is 64.8 Å². The van der Waals surface area contributed by atoms with Gasteiger partial charge in [-0.05, 0) is 12.1 Å². The summed E-state index contributed by atoms with van der Waals surface area (Å²) in [6.07, 6.45) is 5.19. The number of piperazine rings is 1. The third-order valence-corrected chi connectivity index (χ3v) is 5.17. The highest BCUT2D eigenvalue weighted by molar-refractivity contribution is 6.30. The van der Waals surface area contributed by atoms with E-state index in [1.165, 1.54) is 5.56 Å². The van der Waals surface area contributed by atoms with Crippen molar-refractivity contribution in [2.24, 2.45) is 0 Å². The molecule has 1 aliphatic rings. The molecule has 8 heteroatoms. The van der Waals surface area contributed by atoms with E-state index in [9.17, 15) is 0 Å². The first-order valence-electron chi connectivity index (χ1n) is 8.49. The van der Waals surface area contributed by atoms with Gasteiger partial charge in [0.1, 0.15) is 18.0 Å². The second kappa shape index (κ2) is 7.32. The summed E-state index contributed by atoms with van der Waals surface area (Å²) in [6, 6.07) is 9.88. The highest BCUT2D eigenvalue weighted by atomic mass is 35.5. The van der Waals surface area contributed by atoms with Crippen LogP contribution < -0.4 is 9.80 Å². The number of aromatic nitrogens is 4. The largest absolute Gasteiger partial charge is 0.306 e. The first-order chi connectivity index (χ1) is 12.6. The van der Waals surface area contributed by atoms with Crippen molar-refractivity contribution in [2.75, 3.05) is 26.2 Å². The molecule has 0 saturated carbocycles. The Kier molecular flexibility index (Phi) is 4.91. The van der Waals surface area contributed by atoms with Crippen molar-refractivity contribution in [2.45, 2.75) is 6.54 Å². The molecule has 0 aliphatic carbocycles. The molecule has 0 atom stereocenters. The first-order valence-corrected chi connectivity index (χ1v) is 9.25. The summed E-state index contributed by atoms with van der Waals surface area (Å²) in [5.41, 5.74) is 1.22. The van der Waals surface area contributed by atoms with Crippen LogP contribution in [0.25, 0.3) is 5.95 Å². The van der Waals surface area contributed by atoms with E-state index in [0.717, 1.165) is 48.0 Å². The molecule has 1 saturated heterocycles. The fourth-order valence-corrected chi connectivity index (χ4v) is 3.66. The molecule has 134 valence electrons. The highest BCUT2D eigenvalue weighted by Crippen LogP contribution is 2.28. The van der Waals surface area contributed by atoms with Gasteiger partial charge in [0.2, 0.25) is 11.8 Å². The predicted octanol–water partition coefficient (Wildman–Crippen LogP) is 3.08. The fraction of sp³-hybridized carbons (Fsp3) is 0.278. The van der Waals surface area contributed by atoms with Gasteiger partial charge in [0, 0.05) is 36.1 Å². The summed E-state index contributed by atoms with van der Waals surface area (Å²) in [5.74, 6) is 1.46. The molecular formula is C18H19Cl2N6+. The second-order valence-electron chi connectivity index (χ2n) is 6.45. The summed E-state index contributed by atoms with van der Waals surface area (Å²) < 4.78 is 2.49. The van der Waals surface area contributed by atoms with E-state index >= 15 is 0 Å². The molecule has 0 bridgehead atoms. The number of quaternary nitrogens is 1. The zero-order chi connectivity index (χ0) is 18.0. The van der Waals surface area contributed by atoms with Crippen LogP contribution in [0.3, 0.4) is 0 Å². The Bertz CT molecular complexity index is 873. The maximum Gasteiger partial charge on any atom is 0.241 e. The SMILES string of the molecule is Clc1ccc(C[N+]2(c3cc(Cl)nc(-n4ccnc4)n3)CCNCC2)cc1. The van der Waals surface area contributed by atoms with Crippen LogP contribution in [0.15, 0.2) is 49.1 Å². The second-order valence-corrected chi connectivity index (χ2v) is 7.27. The minimum absolute atomic E-state index is 0.436. The number of hydrogen-bond donors (Lipinski definition) is 1. The number of imidazole rings is 1. The smallest absolute Gasteiger partial charge is 0.241 e. The Morgan fingerprint density at radius 2 is 1.85 bits per heavy atom. The number of hydrogen-bond acceptors (Lipinski definition) is 4. The van der Waals surface area contributed by atoms with Gasteiger partial charge < -0.3 is 5.32 Å². The van der Waals surface area contributed by atoms with Crippen LogP contribution in [0, 0.1) is 0 Å². The van der Waals surface area contributed by atoms with E-state index in [-0.39, 0.29) is 0 Å². The molecule has 6 nitrogen and oxygen atoms in total. The van der Waals surface area contributed by atoms with Gasteiger partial charge in [-0.15, -0.1) is 0 Å². The molecule has 0 amide bonds. The lowest BCUT2D eigenvalue weighted by atomic mass is 10.1. The molecule has 0 unspecified atom stereocenters. The molecule has 1 fully saturated rings. The van der Waals surface area contributed by atoms with Gasteiger partial charge in [-0.3, -0.25) is 9.05 Å². The van der Waals surface area contributed by atoms with E-state index in [0.29, 0.717) is 11.1 Å². The molecule has 2 aromatic heterocycles. The first kappa shape index (κ1) is 17.4. The average molecular weight is 390 g/mol.